The molecular formula is C15H30O4Si. The molecule has 0 aromatic rings. The van der Waals surface area contributed by atoms with Crippen LogP contribution in [0.2, 0.25) is 24.7 Å². The van der Waals surface area contributed by atoms with Crippen LogP contribution in [0.1, 0.15) is 6.42 Å². The molecule has 0 bridgehead atoms. The first-order valence-electron chi connectivity index (χ1n) is 7.64. The molecule has 20 heavy (non-hydrogen) atoms. The molecule has 0 amide bonds. The fourth-order valence-electron chi connectivity index (χ4n) is 2.31. The molecule has 0 aliphatic carbocycles. The molecule has 0 radical (unpaired) electrons. The fraction of sp³-hybridized carbons (Fsp3) is 0.867. The van der Waals surface area contributed by atoms with Crippen LogP contribution in [-0.4, -0.2) is 61.4 Å². The average Bonchev–Trinajstić information content (AvgIpc) is 2.87. The van der Waals surface area contributed by atoms with Crippen LogP contribution in [0.25, 0.3) is 0 Å². The van der Waals surface area contributed by atoms with Crippen molar-refractivity contribution in [3.63, 3.8) is 0 Å². The molecule has 0 fully saturated rings. The Labute approximate surface area is 124 Å². The Balaban J connectivity index is 1.74. The van der Waals surface area contributed by atoms with Gasteiger partial charge in [0.15, 0.2) is 0 Å². The first kappa shape index (κ1) is 17.8. The lowest BCUT2D eigenvalue weighted by Crippen LogP contribution is -2.25. The van der Waals surface area contributed by atoms with Gasteiger partial charge in [-0.3, -0.25) is 0 Å². The number of hydrogen-bond donors (Lipinski definition) is 0. The molecule has 1 aliphatic rings. The van der Waals surface area contributed by atoms with Gasteiger partial charge in [-0.25, -0.2) is 0 Å². The van der Waals surface area contributed by atoms with Crippen LogP contribution in [0.5, 0.6) is 0 Å². The molecular weight excluding hydrogens is 272 g/mol. The van der Waals surface area contributed by atoms with Crippen molar-refractivity contribution < 1.29 is 18.9 Å². The minimum atomic E-state index is -0.933. The summed E-state index contributed by atoms with van der Waals surface area (Å²) in [5, 5.41) is 0. The first-order chi connectivity index (χ1) is 9.77. The highest BCUT2D eigenvalue weighted by atomic mass is 28.3. The number of rotatable bonds is 13. The SMILES string of the molecule is COCCOCCOCCOCCC[Si]1(C)CC=CC1. The van der Waals surface area contributed by atoms with E-state index in [0.29, 0.717) is 39.6 Å². The molecule has 0 aromatic heterocycles. The van der Waals surface area contributed by atoms with Gasteiger partial charge >= 0.3 is 0 Å². The smallest absolute Gasteiger partial charge is 0.0701 e. The summed E-state index contributed by atoms with van der Waals surface area (Å²) < 4.78 is 21.2. The van der Waals surface area contributed by atoms with E-state index in [1.807, 2.05) is 0 Å². The van der Waals surface area contributed by atoms with Crippen molar-refractivity contribution in [1.29, 1.82) is 0 Å². The molecule has 0 atom stereocenters. The van der Waals surface area contributed by atoms with Gasteiger partial charge in [0.1, 0.15) is 0 Å². The van der Waals surface area contributed by atoms with Crippen LogP contribution in [0.3, 0.4) is 0 Å². The number of ether oxygens (including phenoxy) is 4. The van der Waals surface area contributed by atoms with Crippen LogP contribution in [0.4, 0.5) is 0 Å². The van der Waals surface area contributed by atoms with Gasteiger partial charge in [0.2, 0.25) is 0 Å². The molecule has 5 heteroatoms. The van der Waals surface area contributed by atoms with Crippen molar-refractivity contribution >= 4 is 8.07 Å². The van der Waals surface area contributed by atoms with Gasteiger partial charge in [-0.15, -0.1) is 0 Å². The van der Waals surface area contributed by atoms with E-state index in [9.17, 15) is 0 Å². The topological polar surface area (TPSA) is 36.9 Å². The summed E-state index contributed by atoms with van der Waals surface area (Å²) in [5.41, 5.74) is 0. The minimum absolute atomic E-state index is 0.625. The highest BCUT2D eigenvalue weighted by Crippen LogP contribution is 2.28. The molecule has 0 aromatic carbocycles. The molecule has 0 N–H and O–H groups in total. The summed E-state index contributed by atoms with van der Waals surface area (Å²) in [6.45, 7) is 7.24. The average molecular weight is 302 g/mol. The van der Waals surface area contributed by atoms with Gasteiger partial charge in [-0.1, -0.05) is 24.7 Å². The maximum absolute atomic E-state index is 5.60. The normalized spacial score (nSPS) is 16.9. The van der Waals surface area contributed by atoms with Crippen molar-refractivity contribution in [3.8, 4) is 0 Å². The van der Waals surface area contributed by atoms with Gasteiger partial charge in [-0.05, 0) is 18.5 Å². The summed E-state index contributed by atoms with van der Waals surface area (Å²) in [5.74, 6) is 0. The van der Waals surface area contributed by atoms with Gasteiger partial charge in [-0.2, -0.15) is 0 Å². The number of hydrogen-bond acceptors (Lipinski definition) is 4. The Bertz CT molecular complexity index is 250. The lowest BCUT2D eigenvalue weighted by atomic mass is 10.5. The van der Waals surface area contributed by atoms with Gasteiger partial charge in [0.25, 0.3) is 0 Å². The second-order valence-electron chi connectivity index (χ2n) is 5.62. The Morgan fingerprint density at radius 3 is 1.85 bits per heavy atom. The third kappa shape index (κ3) is 8.87. The van der Waals surface area contributed by atoms with Crippen LogP contribution in [-0.2, 0) is 18.9 Å². The van der Waals surface area contributed by atoms with Crippen LogP contribution >= 0.6 is 0 Å². The third-order valence-corrected chi connectivity index (χ3v) is 7.64. The van der Waals surface area contributed by atoms with Crippen molar-refractivity contribution in [1.82, 2.24) is 0 Å². The van der Waals surface area contributed by atoms with Crippen LogP contribution in [0, 0.1) is 0 Å². The molecule has 1 heterocycles. The maximum atomic E-state index is 5.60. The Morgan fingerprint density at radius 2 is 1.30 bits per heavy atom. The molecule has 118 valence electrons. The van der Waals surface area contributed by atoms with Crippen molar-refractivity contribution in [3.05, 3.63) is 12.2 Å². The van der Waals surface area contributed by atoms with E-state index in [1.165, 1.54) is 24.6 Å². The van der Waals surface area contributed by atoms with E-state index in [4.69, 9.17) is 18.9 Å². The van der Waals surface area contributed by atoms with Crippen molar-refractivity contribution in [2.75, 3.05) is 53.4 Å². The predicted molar refractivity (Wildman–Crippen MR) is 84.1 cm³/mol. The predicted octanol–water partition coefficient (Wildman–Crippen LogP) is 2.72. The zero-order valence-corrected chi connectivity index (χ0v) is 14.1. The van der Waals surface area contributed by atoms with Gasteiger partial charge in [0.05, 0.1) is 47.7 Å². The molecule has 1 aliphatic heterocycles. The quantitative estimate of drug-likeness (QED) is 0.298. The molecule has 4 nitrogen and oxygen atoms in total. The number of allylic oxidation sites excluding steroid dienone is 2. The lowest BCUT2D eigenvalue weighted by molar-refractivity contribution is 0.00375. The van der Waals surface area contributed by atoms with Crippen molar-refractivity contribution in [2.24, 2.45) is 0 Å². The molecule has 0 unspecified atom stereocenters. The Morgan fingerprint density at radius 1 is 0.800 bits per heavy atom. The zero-order chi connectivity index (χ0) is 14.5. The second-order valence-corrected chi connectivity index (χ2v) is 10.6. The monoisotopic (exact) mass is 302 g/mol. The Hall–Kier alpha value is -0.203. The van der Waals surface area contributed by atoms with Crippen LogP contribution in [0.15, 0.2) is 12.2 Å². The zero-order valence-electron chi connectivity index (χ0n) is 13.1. The van der Waals surface area contributed by atoms with E-state index in [-0.39, 0.29) is 0 Å². The summed E-state index contributed by atoms with van der Waals surface area (Å²) in [6, 6.07) is 4.10. The van der Waals surface area contributed by atoms with E-state index in [1.54, 1.807) is 7.11 Å². The second kappa shape index (κ2) is 11.5. The minimum Gasteiger partial charge on any atom is -0.382 e. The standard InChI is InChI=1S/C15H30O4Si/c1-16-7-8-18-11-12-19-10-9-17-6-5-15-20(2)13-3-4-14-20/h3-4H,5-15H2,1-2H3. The highest BCUT2D eigenvalue weighted by Gasteiger charge is 2.26. The van der Waals surface area contributed by atoms with Gasteiger partial charge in [0, 0.05) is 13.7 Å². The van der Waals surface area contributed by atoms with E-state index < -0.39 is 8.07 Å². The largest absolute Gasteiger partial charge is 0.382 e. The number of methoxy groups -OCH3 is 1. The highest BCUT2D eigenvalue weighted by molar-refractivity contribution is 6.80. The van der Waals surface area contributed by atoms with E-state index >= 15 is 0 Å². The van der Waals surface area contributed by atoms with E-state index in [2.05, 4.69) is 18.7 Å². The lowest BCUT2D eigenvalue weighted by Gasteiger charge is -2.20. The molecule has 1 rings (SSSR count). The summed E-state index contributed by atoms with van der Waals surface area (Å²) >= 11 is 0. The maximum Gasteiger partial charge on any atom is 0.0701 e. The summed E-state index contributed by atoms with van der Waals surface area (Å²) in [7, 11) is 0.737. The summed E-state index contributed by atoms with van der Waals surface area (Å²) in [6.07, 6.45) is 5.91. The third-order valence-electron chi connectivity index (χ3n) is 3.63. The summed E-state index contributed by atoms with van der Waals surface area (Å²) in [4.78, 5) is 0. The molecule has 0 saturated carbocycles. The fourth-order valence-corrected chi connectivity index (χ4v) is 5.35. The van der Waals surface area contributed by atoms with E-state index in [0.717, 1.165) is 6.61 Å². The van der Waals surface area contributed by atoms with Crippen LogP contribution < -0.4 is 0 Å². The molecule has 0 spiro atoms. The Kier molecular flexibility index (Phi) is 10.2. The molecule has 0 saturated heterocycles. The van der Waals surface area contributed by atoms with Crippen molar-refractivity contribution in [2.45, 2.75) is 31.1 Å². The first-order valence-corrected chi connectivity index (χ1v) is 10.8. The van der Waals surface area contributed by atoms with Gasteiger partial charge < -0.3 is 18.9 Å².